The summed E-state index contributed by atoms with van der Waals surface area (Å²) < 4.78 is 2.79. The van der Waals surface area contributed by atoms with E-state index < -0.39 is 0 Å². The molecule has 5 nitrogen and oxygen atoms in total. The molecule has 0 fully saturated rings. The van der Waals surface area contributed by atoms with Gasteiger partial charge in [0.15, 0.2) is 0 Å². The van der Waals surface area contributed by atoms with Crippen LogP contribution in [0.15, 0.2) is 27.6 Å². The highest BCUT2D eigenvalue weighted by Gasteiger charge is 2.11. The summed E-state index contributed by atoms with van der Waals surface area (Å²) in [6.45, 7) is 0.761. The number of nitrogens with zero attached hydrogens (tertiary/aromatic N) is 5. The van der Waals surface area contributed by atoms with Crippen molar-refractivity contribution in [2.45, 2.75) is 6.54 Å². The SMILES string of the molecule is CN(Cc1csc(Br)c1)c1cc(Cl)nc2ncnn12. The predicted molar refractivity (Wildman–Crippen MR) is 79.9 cm³/mol. The van der Waals surface area contributed by atoms with Crippen LogP contribution in [0.1, 0.15) is 5.56 Å². The third kappa shape index (κ3) is 2.58. The van der Waals surface area contributed by atoms with Crippen LogP contribution in [0.3, 0.4) is 0 Å². The lowest BCUT2D eigenvalue weighted by atomic mass is 10.3. The fourth-order valence-corrected chi connectivity index (χ4v) is 3.20. The maximum absolute atomic E-state index is 6.01. The van der Waals surface area contributed by atoms with Crippen LogP contribution in [0.2, 0.25) is 5.15 Å². The van der Waals surface area contributed by atoms with E-state index in [0.29, 0.717) is 10.9 Å². The summed E-state index contributed by atoms with van der Waals surface area (Å²) in [7, 11) is 1.98. The first-order valence-electron chi connectivity index (χ1n) is 5.44. The highest BCUT2D eigenvalue weighted by molar-refractivity contribution is 9.11. The van der Waals surface area contributed by atoms with Crippen LogP contribution in [-0.4, -0.2) is 26.6 Å². The summed E-state index contributed by atoms with van der Waals surface area (Å²) in [5.74, 6) is 1.36. The van der Waals surface area contributed by atoms with Crippen LogP contribution in [0.25, 0.3) is 5.78 Å². The summed E-state index contributed by atoms with van der Waals surface area (Å²) in [5.41, 5.74) is 1.22. The zero-order chi connectivity index (χ0) is 13.4. The number of halogens is 2. The van der Waals surface area contributed by atoms with Crippen molar-refractivity contribution >= 4 is 50.5 Å². The Kier molecular flexibility index (Phi) is 3.42. The molecule has 0 spiro atoms. The molecule has 0 aliphatic heterocycles. The second kappa shape index (κ2) is 5.07. The molecule has 0 atom stereocenters. The Bertz CT molecular complexity index is 725. The normalized spacial score (nSPS) is 11.1. The molecule has 3 aromatic heterocycles. The molecule has 0 aliphatic carbocycles. The molecular weight excluding hydrogens is 350 g/mol. The Hall–Kier alpha value is -1.18. The number of hydrogen-bond donors (Lipinski definition) is 0. The molecule has 3 rings (SSSR count). The number of aromatic nitrogens is 4. The van der Waals surface area contributed by atoms with E-state index in [2.05, 4.69) is 47.3 Å². The lowest BCUT2D eigenvalue weighted by Gasteiger charge is -2.19. The van der Waals surface area contributed by atoms with Gasteiger partial charge in [-0.3, -0.25) is 0 Å². The van der Waals surface area contributed by atoms with Gasteiger partial charge >= 0.3 is 0 Å². The monoisotopic (exact) mass is 357 g/mol. The van der Waals surface area contributed by atoms with Gasteiger partial charge in [0.25, 0.3) is 5.78 Å². The molecule has 8 heteroatoms. The standard InChI is InChI=1S/C11H9BrClN5S/c1-17(4-7-2-8(12)19-5-7)10-3-9(13)16-11-14-6-15-18(10)11/h2-3,5-6H,4H2,1H3. The van der Waals surface area contributed by atoms with Gasteiger partial charge < -0.3 is 4.90 Å². The number of fused-ring (bicyclic) bond motifs is 1. The second-order valence-electron chi connectivity index (χ2n) is 4.02. The maximum Gasteiger partial charge on any atom is 0.255 e. The van der Waals surface area contributed by atoms with Gasteiger partial charge in [-0.1, -0.05) is 11.6 Å². The molecule has 98 valence electrons. The third-order valence-corrected chi connectivity index (χ3v) is 4.38. The summed E-state index contributed by atoms with van der Waals surface area (Å²) in [4.78, 5) is 10.2. The van der Waals surface area contributed by atoms with Crippen LogP contribution in [0.4, 0.5) is 5.82 Å². The quantitative estimate of drug-likeness (QED) is 0.674. The molecule has 0 N–H and O–H groups in total. The fourth-order valence-electron chi connectivity index (χ4n) is 1.82. The van der Waals surface area contributed by atoms with E-state index in [1.807, 2.05) is 7.05 Å². The molecule has 0 radical (unpaired) electrons. The summed E-state index contributed by atoms with van der Waals surface area (Å²) in [6.07, 6.45) is 1.47. The molecular formula is C11H9BrClN5S. The topological polar surface area (TPSA) is 46.3 Å². The van der Waals surface area contributed by atoms with E-state index in [1.54, 1.807) is 21.9 Å². The minimum absolute atomic E-state index is 0.411. The average molecular weight is 359 g/mol. The first-order valence-corrected chi connectivity index (χ1v) is 7.49. The largest absolute Gasteiger partial charge is 0.355 e. The summed E-state index contributed by atoms with van der Waals surface area (Å²) in [6, 6.07) is 3.88. The molecule has 0 unspecified atom stereocenters. The molecule has 0 aromatic carbocycles. The number of anilines is 1. The average Bonchev–Trinajstić information content (AvgIpc) is 2.96. The van der Waals surface area contributed by atoms with Crippen molar-refractivity contribution < 1.29 is 0 Å². The maximum atomic E-state index is 6.01. The van der Waals surface area contributed by atoms with Crippen molar-refractivity contribution in [1.29, 1.82) is 0 Å². The van der Waals surface area contributed by atoms with Gasteiger partial charge in [0, 0.05) is 19.7 Å². The highest BCUT2D eigenvalue weighted by atomic mass is 79.9. The Morgan fingerprint density at radius 2 is 2.32 bits per heavy atom. The van der Waals surface area contributed by atoms with Gasteiger partial charge in [0.05, 0.1) is 3.79 Å². The lowest BCUT2D eigenvalue weighted by molar-refractivity contribution is 0.833. The van der Waals surface area contributed by atoms with Crippen molar-refractivity contribution in [3.8, 4) is 0 Å². The first-order chi connectivity index (χ1) is 9.13. The van der Waals surface area contributed by atoms with Crippen LogP contribution in [0, 0.1) is 0 Å². The fraction of sp³-hybridized carbons (Fsp3) is 0.182. The molecule has 3 heterocycles. The van der Waals surface area contributed by atoms with E-state index in [-0.39, 0.29) is 0 Å². The zero-order valence-corrected chi connectivity index (χ0v) is 13.1. The van der Waals surface area contributed by atoms with Crippen molar-refractivity contribution in [2.75, 3.05) is 11.9 Å². The Morgan fingerprint density at radius 1 is 1.47 bits per heavy atom. The zero-order valence-electron chi connectivity index (χ0n) is 9.92. The van der Waals surface area contributed by atoms with Gasteiger partial charge in [-0.2, -0.15) is 19.6 Å². The Balaban J connectivity index is 1.96. The van der Waals surface area contributed by atoms with E-state index in [0.717, 1.165) is 16.1 Å². The number of thiophene rings is 1. The molecule has 0 amide bonds. The van der Waals surface area contributed by atoms with Crippen LogP contribution < -0.4 is 4.90 Å². The minimum atomic E-state index is 0.411. The first kappa shape index (κ1) is 12.8. The molecule has 0 aliphatic rings. The van der Waals surface area contributed by atoms with E-state index >= 15 is 0 Å². The van der Waals surface area contributed by atoms with Crippen molar-refractivity contribution in [3.63, 3.8) is 0 Å². The Labute approximate surface area is 127 Å². The third-order valence-electron chi connectivity index (χ3n) is 2.63. The van der Waals surface area contributed by atoms with Gasteiger partial charge in [0.2, 0.25) is 0 Å². The number of hydrogen-bond acceptors (Lipinski definition) is 5. The van der Waals surface area contributed by atoms with Crippen LogP contribution >= 0.6 is 38.9 Å². The Morgan fingerprint density at radius 3 is 3.05 bits per heavy atom. The van der Waals surface area contributed by atoms with Crippen LogP contribution in [0.5, 0.6) is 0 Å². The highest BCUT2D eigenvalue weighted by Crippen LogP contribution is 2.24. The van der Waals surface area contributed by atoms with E-state index in [1.165, 1.54) is 11.9 Å². The number of rotatable bonds is 3. The predicted octanol–water partition coefficient (Wildman–Crippen LogP) is 3.24. The van der Waals surface area contributed by atoms with Gasteiger partial charge in [-0.05, 0) is 32.9 Å². The van der Waals surface area contributed by atoms with Crippen LogP contribution in [-0.2, 0) is 6.54 Å². The van der Waals surface area contributed by atoms with Gasteiger partial charge in [-0.15, -0.1) is 11.3 Å². The van der Waals surface area contributed by atoms with Crippen molar-refractivity contribution in [1.82, 2.24) is 19.6 Å². The summed E-state index contributed by atoms with van der Waals surface area (Å²) >= 11 is 11.1. The molecule has 0 saturated heterocycles. The molecule has 3 aromatic rings. The second-order valence-corrected chi connectivity index (χ2v) is 6.70. The lowest BCUT2D eigenvalue weighted by Crippen LogP contribution is -2.19. The van der Waals surface area contributed by atoms with Gasteiger partial charge in [-0.25, -0.2) is 0 Å². The molecule has 0 saturated carbocycles. The van der Waals surface area contributed by atoms with Gasteiger partial charge in [0.1, 0.15) is 17.3 Å². The molecule has 19 heavy (non-hydrogen) atoms. The van der Waals surface area contributed by atoms with E-state index in [9.17, 15) is 0 Å². The smallest absolute Gasteiger partial charge is 0.255 e. The van der Waals surface area contributed by atoms with Crippen molar-refractivity contribution in [3.05, 3.63) is 38.3 Å². The molecule has 0 bridgehead atoms. The minimum Gasteiger partial charge on any atom is -0.355 e. The van der Waals surface area contributed by atoms with Crippen molar-refractivity contribution in [2.24, 2.45) is 0 Å². The van der Waals surface area contributed by atoms with E-state index in [4.69, 9.17) is 11.6 Å². The summed E-state index contributed by atoms with van der Waals surface area (Å²) in [5, 5.41) is 6.69.